The van der Waals surface area contributed by atoms with Gasteiger partial charge in [0.25, 0.3) is 0 Å². The number of nitrogens with zero attached hydrogens (tertiary/aromatic N) is 1. The molecule has 0 aliphatic rings. The molecule has 0 saturated carbocycles. The van der Waals surface area contributed by atoms with Gasteiger partial charge in [0.15, 0.2) is 0 Å². The van der Waals surface area contributed by atoms with Crippen LogP contribution in [0.5, 0.6) is 0 Å². The Hall–Kier alpha value is 0.750. The molecule has 32 valence electrons. The molecule has 0 radical (unpaired) electrons. The molecule has 0 aromatic rings. The molecule has 0 fully saturated rings. The first-order chi connectivity index (χ1) is 1.41. The Morgan fingerprint density at radius 1 is 1.60 bits per heavy atom. The molecule has 0 amide bonds. The smallest absolute Gasteiger partial charge is 0.0587 e. The van der Waals surface area contributed by atoms with Gasteiger partial charge in [-0.25, -0.2) is 0 Å². The van der Waals surface area contributed by atoms with Crippen molar-refractivity contribution in [2.45, 2.75) is 14.4 Å². The summed E-state index contributed by atoms with van der Waals surface area (Å²) >= 11 is 0. The zero-order valence-electron chi connectivity index (χ0n) is 2.30. The van der Waals surface area contributed by atoms with Crippen LogP contribution in [-0.4, -0.2) is 0 Å². The molecule has 0 aliphatic carbocycles. The third kappa shape index (κ3) is 63.9. The quantitative estimate of drug-likeness (QED) is 0.445. The zero-order chi connectivity index (χ0) is 2.71. The number of nitriles is 1. The van der Waals surface area contributed by atoms with Crippen molar-refractivity contribution in [3.05, 3.63) is 0 Å². The molecule has 0 aromatic heterocycles. The predicted molar refractivity (Wildman–Crippen MR) is 18.0 cm³/mol. The van der Waals surface area contributed by atoms with Gasteiger partial charge < -0.3 is 0 Å². The van der Waals surface area contributed by atoms with Crippen molar-refractivity contribution in [1.29, 1.82) is 5.26 Å². The summed E-state index contributed by atoms with van der Waals surface area (Å²) in [5.74, 6) is 0. The van der Waals surface area contributed by atoms with Crippen molar-refractivity contribution in [3.63, 3.8) is 0 Å². The Morgan fingerprint density at radius 2 is 1.60 bits per heavy atom. The van der Waals surface area contributed by atoms with Crippen LogP contribution >= 0.6 is 0 Å². The van der Waals surface area contributed by atoms with Crippen LogP contribution in [0.3, 0.4) is 0 Å². The number of rotatable bonds is 0. The molecule has 2 heteroatoms. The average molecular weight is 97.0 g/mol. The van der Waals surface area contributed by atoms with Gasteiger partial charge in [0, 0.05) is 44.7 Å². The normalized spacial score (nSPS) is 1.60. The van der Waals surface area contributed by atoms with E-state index in [9.17, 15) is 0 Å². The van der Waals surface area contributed by atoms with Gasteiger partial charge >= 0.3 is 0 Å². The Balaban J connectivity index is -0.0000000200. The Morgan fingerprint density at radius 3 is 1.60 bits per heavy atom. The van der Waals surface area contributed by atoms with E-state index in [4.69, 9.17) is 5.26 Å². The van der Waals surface area contributed by atoms with Gasteiger partial charge in [-0.3, -0.25) is 0 Å². The monoisotopic (exact) mass is 97.0 g/mol. The Bertz CT molecular complexity index is 28.4. The standard InChI is InChI=1S/C2H3N.CH4.Ar/c1-2-3;;/h1H3;1H4;. The molecule has 0 spiro atoms. The maximum Gasteiger partial charge on any atom is 0.0587 e. The second-order valence-corrected chi connectivity index (χ2v) is 0.224. The number of hydrogen-bond donors (Lipinski definition) is 0. The van der Waals surface area contributed by atoms with Crippen LogP contribution in [0.4, 0.5) is 0 Å². The summed E-state index contributed by atoms with van der Waals surface area (Å²) in [6, 6.07) is 1.75. The van der Waals surface area contributed by atoms with Crippen LogP contribution in [0.2, 0.25) is 0 Å². The van der Waals surface area contributed by atoms with Gasteiger partial charge in [0.1, 0.15) is 0 Å². The van der Waals surface area contributed by atoms with E-state index in [-0.39, 0.29) is 45.2 Å². The van der Waals surface area contributed by atoms with E-state index in [0.717, 1.165) is 0 Å². The first-order valence-corrected chi connectivity index (χ1v) is 0.724. The van der Waals surface area contributed by atoms with E-state index >= 15 is 0 Å². The molecule has 0 heterocycles. The summed E-state index contributed by atoms with van der Waals surface area (Å²) in [6.45, 7) is 1.43. The maximum atomic E-state index is 7.32. The van der Waals surface area contributed by atoms with Crippen molar-refractivity contribution in [2.75, 3.05) is 0 Å². The molecule has 0 atom stereocenters. The van der Waals surface area contributed by atoms with Crippen molar-refractivity contribution in [3.8, 4) is 6.07 Å². The van der Waals surface area contributed by atoms with Crippen LogP contribution in [0.1, 0.15) is 14.4 Å². The van der Waals surface area contributed by atoms with Crippen molar-refractivity contribution < 1.29 is 37.7 Å². The molecule has 0 N–H and O–H groups in total. The van der Waals surface area contributed by atoms with Gasteiger partial charge in [-0.2, -0.15) is 5.26 Å². The maximum absolute atomic E-state index is 7.32. The summed E-state index contributed by atoms with van der Waals surface area (Å²) in [5, 5.41) is 7.32. The van der Waals surface area contributed by atoms with Crippen molar-refractivity contribution >= 4 is 0 Å². The summed E-state index contributed by atoms with van der Waals surface area (Å²) in [4.78, 5) is 0. The van der Waals surface area contributed by atoms with Crippen molar-refractivity contribution in [2.24, 2.45) is 0 Å². The topological polar surface area (TPSA) is 23.8 Å². The van der Waals surface area contributed by atoms with E-state index in [2.05, 4.69) is 0 Å². The Kier molecular flexibility index (Phi) is 74.8. The minimum absolute atomic E-state index is 0. The second kappa shape index (κ2) is 21.8. The molecular weight excluding hydrogens is 90.0 g/mol. The first kappa shape index (κ1) is 17.2. The molecule has 0 unspecified atom stereocenters. The van der Waals surface area contributed by atoms with Gasteiger partial charge in [-0.1, -0.05) is 7.43 Å². The second-order valence-electron chi connectivity index (χ2n) is 0.224. The third-order valence-electron chi connectivity index (χ3n) is 0. The molecular formula is C3H7ArN. The summed E-state index contributed by atoms with van der Waals surface area (Å²) in [6.07, 6.45) is 0. The third-order valence-corrected chi connectivity index (χ3v) is 0. The van der Waals surface area contributed by atoms with E-state index < -0.39 is 0 Å². The summed E-state index contributed by atoms with van der Waals surface area (Å²) < 4.78 is 0. The predicted octanol–water partition coefficient (Wildman–Crippen LogP) is 1.17. The molecule has 0 aliphatic heterocycles. The van der Waals surface area contributed by atoms with Gasteiger partial charge in [0.2, 0.25) is 0 Å². The van der Waals surface area contributed by atoms with Gasteiger partial charge in [0.05, 0.1) is 6.07 Å². The Labute approximate surface area is 63.0 Å². The van der Waals surface area contributed by atoms with Crippen LogP contribution in [0, 0.1) is 49.1 Å². The molecule has 5 heavy (non-hydrogen) atoms. The first-order valence-electron chi connectivity index (χ1n) is 0.724. The van der Waals surface area contributed by atoms with Gasteiger partial charge in [-0.15, -0.1) is 0 Å². The molecule has 0 bridgehead atoms. The van der Waals surface area contributed by atoms with E-state index in [1.54, 1.807) is 6.07 Å². The zero-order valence-corrected chi connectivity index (χ0v) is 3.01. The van der Waals surface area contributed by atoms with Gasteiger partial charge in [-0.05, 0) is 0 Å². The van der Waals surface area contributed by atoms with Crippen molar-refractivity contribution in [1.82, 2.24) is 0 Å². The fourth-order valence-corrected chi connectivity index (χ4v) is 0. The largest absolute Gasteiger partial charge is 0.199 e. The number of hydrogen-bond acceptors (Lipinski definition) is 1. The van der Waals surface area contributed by atoms with Crippen LogP contribution < -0.4 is 0 Å². The minimum atomic E-state index is 0. The van der Waals surface area contributed by atoms with Crippen LogP contribution in [-0.2, 0) is 0 Å². The average Bonchev–Trinajstić information content (AvgIpc) is 0.918. The fourth-order valence-electron chi connectivity index (χ4n) is 0. The van der Waals surface area contributed by atoms with E-state index in [0.29, 0.717) is 0 Å². The minimum Gasteiger partial charge on any atom is -0.199 e. The molecule has 0 aromatic carbocycles. The SMILES string of the molecule is C.CC#N.[Ar]. The summed E-state index contributed by atoms with van der Waals surface area (Å²) in [5.41, 5.74) is 0. The van der Waals surface area contributed by atoms with E-state index in [1.807, 2.05) is 0 Å². The fraction of sp³-hybridized carbons (Fsp3) is 0.667. The van der Waals surface area contributed by atoms with Crippen LogP contribution in [0.15, 0.2) is 0 Å². The van der Waals surface area contributed by atoms with E-state index in [1.165, 1.54) is 6.92 Å². The molecule has 1 nitrogen and oxygen atoms in total. The van der Waals surface area contributed by atoms with Crippen LogP contribution in [0.25, 0.3) is 0 Å². The summed E-state index contributed by atoms with van der Waals surface area (Å²) in [7, 11) is 0. The molecule has 0 saturated heterocycles. The molecule has 0 rings (SSSR count).